The van der Waals surface area contributed by atoms with E-state index in [0.717, 1.165) is 12.3 Å². The second-order valence-corrected chi connectivity index (χ2v) is 6.48. The van der Waals surface area contributed by atoms with E-state index in [0.29, 0.717) is 16.9 Å². The van der Waals surface area contributed by atoms with Crippen LogP contribution >= 0.6 is 11.3 Å². The van der Waals surface area contributed by atoms with Crippen molar-refractivity contribution in [3.63, 3.8) is 0 Å². The summed E-state index contributed by atoms with van der Waals surface area (Å²) in [6.07, 6.45) is -9.15. The molecular formula is C17H7F6NO3S. The van der Waals surface area contributed by atoms with Gasteiger partial charge >= 0.3 is 18.3 Å². The van der Waals surface area contributed by atoms with Crippen LogP contribution in [-0.2, 0) is 4.79 Å². The van der Waals surface area contributed by atoms with E-state index in [2.05, 4.69) is 9.72 Å². The Hall–Kier alpha value is -2.95. The molecule has 28 heavy (non-hydrogen) atoms. The van der Waals surface area contributed by atoms with E-state index < -0.39 is 34.9 Å². The van der Waals surface area contributed by atoms with Crippen LogP contribution in [0, 0.1) is 0 Å². The number of pyridine rings is 1. The first kappa shape index (κ1) is 19.8. The average molecular weight is 419 g/mol. The first-order valence-electron chi connectivity index (χ1n) is 7.37. The van der Waals surface area contributed by atoms with Crippen molar-refractivity contribution in [2.24, 2.45) is 0 Å². The van der Waals surface area contributed by atoms with E-state index in [1.165, 1.54) is 30.3 Å². The van der Waals surface area contributed by atoms with Gasteiger partial charge in [-0.05, 0) is 35.2 Å². The molecule has 11 heteroatoms. The average Bonchev–Trinajstić information content (AvgIpc) is 3.09. The first-order valence-corrected chi connectivity index (χ1v) is 8.18. The van der Waals surface area contributed by atoms with Gasteiger partial charge in [-0.1, -0.05) is 12.1 Å². The lowest BCUT2D eigenvalue weighted by Crippen LogP contribution is -2.28. The zero-order valence-electron chi connectivity index (χ0n) is 13.4. The molecule has 0 saturated carbocycles. The fourth-order valence-electron chi connectivity index (χ4n) is 2.37. The summed E-state index contributed by atoms with van der Waals surface area (Å²) >= 11 is 0.582. The normalized spacial score (nSPS) is 12.2. The molecule has 0 aliphatic heterocycles. The van der Waals surface area contributed by atoms with Crippen LogP contribution in [0.1, 0.15) is 9.67 Å². The van der Waals surface area contributed by atoms with E-state index >= 15 is 0 Å². The first-order chi connectivity index (χ1) is 13.0. The number of alkyl halides is 6. The van der Waals surface area contributed by atoms with Gasteiger partial charge in [0.1, 0.15) is 0 Å². The van der Waals surface area contributed by atoms with Crippen LogP contribution in [0.5, 0.6) is 5.88 Å². The largest absolute Gasteiger partial charge is 0.491 e. The quantitative estimate of drug-likeness (QED) is 0.334. The molecule has 2 aromatic heterocycles. The minimum absolute atomic E-state index is 0.0506. The molecule has 1 aromatic carbocycles. The number of fused-ring (bicyclic) bond motifs is 1. The van der Waals surface area contributed by atoms with Crippen molar-refractivity contribution in [3.05, 3.63) is 47.5 Å². The predicted molar refractivity (Wildman–Crippen MR) is 87.1 cm³/mol. The molecule has 0 radical (unpaired) electrons. The molecule has 0 saturated heterocycles. The molecule has 2 heterocycles. The Bertz CT molecular complexity index is 1070. The molecule has 0 bridgehead atoms. The Balaban J connectivity index is 2.05. The van der Waals surface area contributed by atoms with Gasteiger partial charge in [-0.3, -0.25) is 4.79 Å². The number of rotatable bonds is 3. The van der Waals surface area contributed by atoms with Crippen LogP contribution in [-0.4, -0.2) is 29.1 Å². The third kappa shape index (κ3) is 3.84. The summed E-state index contributed by atoms with van der Waals surface area (Å²) in [5, 5.41) is 0.338. The number of benzene rings is 1. The summed E-state index contributed by atoms with van der Waals surface area (Å²) in [6, 6.07) is 7.97. The smallest absolute Gasteiger partial charge is 0.400 e. The third-order valence-corrected chi connectivity index (χ3v) is 4.66. The maximum atomic E-state index is 12.6. The fourth-order valence-corrected chi connectivity index (χ4v) is 3.37. The van der Waals surface area contributed by atoms with Gasteiger partial charge in [0.05, 0.1) is 4.88 Å². The topological polar surface area (TPSA) is 56.3 Å². The van der Waals surface area contributed by atoms with Crippen molar-refractivity contribution in [1.29, 1.82) is 0 Å². The number of hydrogen-bond donors (Lipinski definition) is 0. The third-order valence-electron chi connectivity index (χ3n) is 3.54. The van der Waals surface area contributed by atoms with Gasteiger partial charge in [0.2, 0.25) is 5.88 Å². The Morgan fingerprint density at radius 2 is 1.61 bits per heavy atom. The number of ketones is 1. The SMILES string of the molecule is O=C(Oc1nccc2c(-c3ccc(C(=O)C(F)(F)F)s3)cccc12)C(F)(F)F. The molecule has 0 fully saturated rings. The zero-order chi connectivity index (χ0) is 20.7. The van der Waals surface area contributed by atoms with Crippen LogP contribution in [0.2, 0.25) is 0 Å². The summed E-state index contributed by atoms with van der Waals surface area (Å²) in [5.41, 5.74) is 0.343. The minimum Gasteiger partial charge on any atom is -0.400 e. The molecule has 0 amide bonds. The number of halogens is 6. The van der Waals surface area contributed by atoms with E-state index in [1.807, 2.05) is 0 Å². The molecule has 0 aliphatic rings. The van der Waals surface area contributed by atoms with Gasteiger partial charge in [-0.15, -0.1) is 11.3 Å². The van der Waals surface area contributed by atoms with Gasteiger partial charge in [-0.25, -0.2) is 9.78 Å². The fraction of sp³-hybridized carbons (Fsp3) is 0.118. The van der Waals surface area contributed by atoms with E-state index in [-0.39, 0.29) is 15.6 Å². The standard InChI is InChI=1S/C17H7F6NO3S/c18-16(19,20)13(25)12-5-4-11(28-12)9-2-1-3-10-8(9)6-7-24-14(10)27-15(26)17(21,22)23/h1-7H. The second kappa shape index (κ2) is 6.89. The molecule has 0 atom stereocenters. The van der Waals surface area contributed by atoms with Crippen LogP contribution in [0.4, 0.5) is 26.3 Å². The summed E-state index contributed by atoms with van der Waals surface area (Å²) in [6.45, 7) is 0. The Kier molecular flexibility index (Phi) is 4.88. The summed E-state index contributed by atoms with van der Waals surface area (Å²) in [5.74, 6) is -5.04. The summed E-state index contributed by atoms with van der Waals surface area (Å²) < 4.78 is 79.3. The molecule has 0 spiro atoms. The molecule has 0 aliphatic carbocycles. The molecule has 3 rings (SSSR count). The molecule has 0 N–H and O–H groups in total. The lowest BCUT2D eigenvalue weighted by atomic mass is 10.0. The van der Waals surface area contributed by atoms with Crippen LogP contribution in [0.25, 0.3) is 21.2 Å². The Morgan fingerprint density at radius 3 is 2.25 bits per heavy atom. The molecular weight excluding hydrogens is 412 g/mol. The summed E-state index contributed by atoms with van der Waals surface area (Å²) in [7, 11) is 0. The van der Waals surface area contributed by atoms with Crippen LogP contribution < -0.4 is 4.74 Å². The monoisotopic (exact) mass is 419 g/mol. The molecule has 146 valence electrons. The van der Waals surface area contributed by atoms with E-state index in [9.17, 15) is 35.9 Å². The minimum atomic E-state index is -5.22. The van der Waals surface area contributed by atoms with Crippen molar-refractivity contribution < 1.29 is 40.7 Å². The number of carbonyl (C=O) groups is 2. The highest BCUT2D eigenvalue weighted by atomic mass is 32.1. The maximum absolute atomic E-state index is 12.6. The zero-order valence-corrected chi connectivity index (χ0v) is 14.2. The lowest BCUT2D eigenvalue weighted by molar-refractivity contribution is -0.189. The van der Waals surface area contributed by atoms with E-state index in [1.54, 1.807) is 0 Å². The second-order valence-electron chi connectivity index (χ2n) is 5.39. The molecule has 4 nitrogen and oxygen atoms in total. The van der Waals surface area contributed by atoms with Crippen LogP contribution in [0.15, 0.2) is 42.6 Å². The number of aromatic nitrogens is 1. The Morgan fingerprint density at radius 1 is 0.893 bits per heavy atom. The van der Waals surface area contributed by atoms with Gasteiger partial charge in [0, 0.05) is 16.5 Å². The number of Topliss-reactive ketones (excluding diaryl/α,β-unsaturated/α-hetero) is 1. The van der Waals surface area contributed by atoms with E-state index in [4.69, 9.17) is 0 Å². The van der Waals surface area contributed by atoms with Gasteiger partial charge in [-0.2, -0.15) is 26.3 Å². The van der Waals surface area contributed by atoms with Gasteiger partial charge in [0.15, 0.2) is 0 Å². The molecule has 3 aromatic rings. The number of nitrogens with zero attached hydrogens (tertiary/aromatic N) is 1. The van der Waals surface area contributed by atoms with Crippen molar-refractivity contribution in [1.82, 2.24) is 4.98 Å². The van der Waals surface area contributed by atoms with Gasteiger partial charge < -0.3 is 4.74 Å². The predicted octanol–water partition coefficient (Wildman–Crippen LogP) is 5.18. The number of hydrogen-bond acceptors (Lipinski definition) is 5. The van der Waals surface area contributed by atoms with Gasteiger partial charge in [0.25, 0.3) is 5.78 Å². The Labute approximate surface area is 156 Å². The van der Waals surface area contributed by atoms with Crippen molar-refractivity contribution in [2.45, 2.75) is 12.4 Å². The summed E-state index contributed by atoms with van der Waals surface area (Å²) in [4.78, 5) is 25.8. The van der Waals surface area contributed by atoms with Crippen molar-refractivity contribution in [3.8, 4) is 16.3 Å². The van der Waals surface area contributed by atoms with Crippen LogP contribution in [0.3, 0.4) is 0 Å². The number of thiophene rings is 1. The lowest BCUT2D eigenvalue weighted by Gasteiger charge is -2.10. The number of esters is 1. The van der Waals surface area contributed by atoms with Crippen molar-refractivity contribution in [2.75, 3.05) is 0 Å². The number of carbonyl (C=O) groups excluding carboxylic acids is 2. The number of ether oxygens (including phenoxy) is 1. The van der Waals surface area contributed by atoms with Crippen molar-refractivity contribution >= 4 is 33.9 Å². The highest BCUT2D eigenvalue weighted by Crippen LogP contribution is 2.37. The molecule has 0 unspecified atom stereocenters. The highest BCUT2D eigenvalue weighted by Gasteiger charge is 2.42. The highest BCUT2D eigenvalue weighted by molar-refractivity contribution is 7.17. The maximum Gasteiger partial charge on any atom is 0.491 e.